The third-order valence-electron chi connectivity index (χ3n) is 3.85. The van der Waals surface area contributed by atoms with E-state index in [0.717, 1.165) is 33.7 Å². The number of anilines is 1. The van der Waals surface area contributed by atoms with Gasteiger partial charge in [0.15, 0.2) is 0 Å². The summed E-state index contributed by atoms with van der Waals surface area (Å²) in [6.07, 6.45) is 0. The van der Waals surface area contributed by atoms with Crippen LogP contribution < -0.4 is 5.32 Å². The zero-order valence-corrected chi connectivity index (χ0v) is 14.6. The van der Waals surface area contributed by atoms with Gasteiger partial charge in [0, 0.05) is 12.7 Å². The molecule has 0 heterocycles. The Morgan fingerprint density at radius 2 is 1.56 bits per heavy atom. The molecule has 0 atom stereocenters. The molecular formula is C19H20F2N2O2. The van der Waals surface area contributed by atoms with Gasteiger partial charge < -0.3 is 10.2 Å². The highest BCUT2D eigenvalue weighted by Crippen LogP contribution is 2.22. The van der Waals surface area contributed by atoms with Crippen LogP contribution in [-0.4, -0.2) is 30.3 Å². The van der Waals surface area contributed by atoms with Gasteiger partial charge in [-0.25, -0.2) is 8.78 Å². The van der Waals surface area contributed by atoms with Crippen molar-refractivity contribution in [2.45, 2.75) is 20.8 Å². The van der Waals surface area contributed by atoms with E-state index in [9.17, 15) is 18.4 Å². The summed E-state index contributed by atoms with van der Waals surface area (Å²) < 4.78 is 27.4. The highest BCUT2D eigenvalue weighted by Gasteiger charge is 2.22. The second-order valence-electron chi connectivity index (χ2n) is 6.08. The van der Waals surface area contributed by atoms with Gasteiger partial charge in [-0.2, -0.15) is 0 Å². The normalized spacial score (nSPS) is 10.5. The minimum Gasteiger partial charge on any atom is -0.332 e. The Morgan fingerprint density at radius 1 is 1.04 bits per heavy atom. The number of amides is 2. The van der Waals surface area contributed by atoms with E-state index in [4.69, 9.17) is 0 Å². The molecule has 0 radical (unpaired) electrons. The molecule has 0 unspecified atom stereocenters. The van der Waals surface area contributed by atoms with Crippen LogP contribution in [0.3, 0.4) is 0 Å². The Balaban J connectivity index is 2.12. The smallest absolute Gasteiger partial charge is 0.260 e. The fourth-order valence-corrected chi connectivity index (χ4v) is 2.74. The molecule has 132 valence electrons. The fraction of sp³-hybridized carbons (Fsp3) is 0.263. The summed E-state index contributed by atoms with van der Waals surface area (Å²) in [7, 11) is 1.32. The lowest BCUT2D eigenvalue weighted by Crippen LogP contribution is -2.36. The van der Waals surface area contributed by atoms with Gasteiger partial charge in [0.05, 0.1) is 6.54 Å². The van der Waals surface area contributed by atoms with E-state index >= 15 is 0 Å². The largest absolute Gasteiger partial charge is 0.332 e. The zero-order chi connectivity index (χ0) is 18.7. The Labute approximate surface area is 145 Å². The minimum absolute atomic E-state index is 0.320. The second kappa shape index (κ2) is 7.42. The van der Waals surface area contributed by atoms with Crippen LogP contribution in [0.25, 0.3) is 0 Å². The molecule has 25 heavy (non-hydrogen) atoms. The lowest BCUT2D eigenvalue weighted by Gasteiger charge is -2.19. The summed E-state index contributed by atoms with van der Waals surface area (Å²) in [5.41, 5.74) is 2.89. The summed E-state index contributed by atoms with van der Waals surface area (Å²) in [6, 6.07) is 7.06. The maximum atomic E-state index is 13.7. The van der Waals surface area contributed by atoms with Crippen LogP contribution in [0, 0.1) is 32.4 Å². The Hall–Kier alpha value is -2.76. The van der Waals surface area contributed by atoms with E-state index in [1.807, 2.05) is 32.9 Å². The van der Waals surface area contributed by atoms with Crippen molar-refractivity contribution in [1.29, 1.82) is 0 Å². The third-order valence-corrected chi connectivity index (χ3v) is 3.85. The second-order valence-corrected chi connectivity index (χ2v) is 6.08. The number of likely N-dealkylation sites (N-methyl/N-ethyl adjacent to an activating group) is 1. The van der Waals surface area contributed by atoms with E-state index < -0.39 is 29.0 Å². The highest BCUT2D eigenvalue weighted by molar-refractivity contribution is 6.00. The number of nitrogens with one attached hydrogen (secondary N) is 1. The number of rotatable bonds is 4. The molecule has 0 bridgehead atoms. The van der Waals surface area contributed by atoms with Gasteiger partial charge in [0.1, 0.15) is 17.2 Å². The molecule has 0 fully saturated rings. The first kappa shape index (κ1) is 18.6. The maximum Gasteiger partial charge on any atom is 0.260 e. The number of halogens is 2. The first-order valence-electron chi connectivity index (χ1n) is 7.78. The first-order chi connectivity index (χ1) is 11.7. The van der Waals surface area contributed by atoms with Crippen molar-refractivity contribution >= 4 is 17.5 Å². The lowest BCUT2D eigenvalue weighted by molar-refractivity contribution is -0.116. The molecule has 0 aliphatic carbocycles. The zero-order valence-electron chi connectivity index (χ0n) is 14.6. The molecular weight excluding hydrogens is 326 g/mol. The van der Waals surface area contributed by atoms with Crippen LogP contribution in [0.1, 0.15) is 27.0 Å². The van der Waals surface area contributed by atoms with Crippen molar-refractivity contribution in [3.05, 3.63) is 64.2 Å². The molecule has 1 N–H and O–H groups in total. The van der Waals surface area contributed by atoms with Crippen LogP contribution in [0.2, 0.25) is 0 Å². The predicted octanol–water partition coefficient (Wildman–Crippen LogP) is 3.60. The fourth-order valence-electron chi connectivity index (χ4n) is 2.74. The topological polar surface area (TPSA) is 49.4 Å². The monoisotopic (exact) mass is 346 g/mol. The van der Waals surface area contributed by atoms with E-state index in [-0.39, 0.29) is 6.54 Å². The molecule has 2 rings (SSSR count). The van der Waals surface area contributed by atoms with Gasteiger partial charge in [-0.1, -0.05) is 23.8 Å². The number of hydrogen-bond acceptors (Lipinski definition) is 2. The van der Waals surface area contributed by atoms with E-state index in [1.165, 1.54) is 13.1 Å². The van der Waals surface area contributed by atoms with Crippen LogP contribution in [0.5, 0.6) is 0 Å². The molecule has 2 aromatic carbocycles. The Kier molecular flexibility index (Phi) is 5.51. The predicted molar refractivity (Wildman–Crippen MR) is 92.6 cm³/mol. The summed E-state index contributed by atoms with van der Waals surface area (Å²) in [5, 5.41) is 2.75. The van der Waals surface area contributed by atoms with Crippen LogP contribution in [-0.2, 0) is 4.79 Å². The average molecular weight is 346 g/mol. The van der Waals surface area contributed by atoms with Crippen LogP contribution >= 0.6 is 0 Å². The minimum atomic E-state index is -0.956. The average Bonchev–Trinajstić information content (AvgIpc) is 2.50. The molecule has 0 aromatic heterocycles. The van der Waals surface area contributed by atoms with Gasteiger partial charge in [-0.3, -0.25) is 9.59 Å². The molecule has 0 saturated carbocycles. The maximum absolute atomic E-state index is 13.7. The van der Waals surface area contributed by atoms with Crippen molar-refractivity contribution in [3.63, 3.8) is 0 Å². The molecule has 4 nitrogen and oxygen atoms in total. The van der Waals surface area contributed by atoms with Gasteiger partial charge in [-0.05, 0) is 44.0 Å². The van der Waals surface area contributed by atoms with Gasteiger partial charge in [0.2, 0.25) is 5.91 Å². The van der Waals surface area contributed by atoms with Crippen molar-refractivity contribution in [1.82, 2.24) is 4.90 Å². The molecule has 0 saturated heterocycles. The number of hydrogen-bond donors (Lipinski definition) is 1. The summed E-state index contributed by atoms with van der Waals surface area (Å²) in [6.45, 7) is 5.39. The molecule has 6 heteroatoms. The summed E-state index contributed by atoms with van der Waals surface area (Å²) in [4.78, 5) is 25.4. The van der Waals surface area contributed by atoms with Crippen molar-refractivity contribution in [3.8, 4) is 0 Å². The van der Waals surface area contributed by atoms with Gasteiger partial charge in [0.25, 0.3) is 5.91 Å². The van der Waals surface area contributed by atoms with E-state index in [2.05, 4.69) is 5.32 Å². The molecule has 0 aliphatic heterocycles. The van der Waals surface area contributed by atoms with Crippen LogP contribution in [0.15, 0.2) is 30.3 Å². The van der Waals surface area contributed by atoms with Crippen molar-refractivity contribution in [2.24, 2.45) is 0 Å². The number of carbonyl (C=O) groups excluding carboxylic acids is 2. The van der Waals surface area contributed by atoms with Crippen LogP contribution in [0.4, 0.5) is 14.5 Å². The number of nitrogens with zero attached hydrogens (tertiary/aromatic N) is 1. The van der Waals surface area contributed by atoms with E-state index in [0.29, 0.717) is 5.69 Å². The number of carbonyl (C=O) groups is 2. The third kappa shape index (κ3) is 4.21. The van der Waals surface area contributed by atoms with Gasteiger partial charge >= 0.3 is 0 Å². The summed E-state index contributed by atoms with van der Waals surface area (Å²) >= 11 is 0. The SMILES string of the molecule is Cc1cc(C)c(NC(=O)CN(C)C(=O)c2c(F)cccc2F)c(C)c1. The Bertz CT molecular complexity index is 791. The molecule has 2 aromatic rings. The quantitative estimate of drug-likeness (QED) is 0.920. The number of benzene rings is 2. The Morgan fingerprint density at radius 3 is 2.08 bits per heavy atom. The molecule has 2 amide bonds. The van der Waals surface area contributed by atoms with Crippen molar-refractivity contribution < 1.29 is 18.4 Å². The van der Waals surface area contributed by atoms with E-state index in [1.54, 1.807) is 0 Å². The lowest BCUT2D eigenvalue weighted by atomic mass is 10.1. The number of aryl methyl sites for hydroxylation is 3. The summed E-state index contributed by atoms with van der Waals surface area (Å²) in [5.74, 6) is -3.24. The molecule has 0 spiro atoms. The van der Waals surface area contributed by atoms with Crippen molar-refractivity contribution in [2.75, 3.05) is 18.9 Å². The van der Waals surface area contributed by atoms with Gasteiger partial charge in [-0.15, -0.1) is 0 Å². The first-order valence-corrected chi connectivity index (χ1v) is 7.78. The standard InChI is InChI=1S/C19H20F2N2O2/c1-11-8-12(2)18(13(3)9-11)22-16(24)10-23(4)19(25)17-14(20)6-5-7-15(17)21/h5-9H,10H2,1-4H3,(H,22,24). The molecule has 0 aliphatic rings. The highest BCUT2D eigenvalue weighted by atomic mass is 19.1.